The van der Waals surface area contributed by atoms with Gasteiger partial charge in [0.05, 0.1) is 32.4 Å². The van der Waals surface area contributed by atoms with Crippen LogP contribution in [0, 0.1) is 0 Å². The van der Waals surface area contributed by atoms with E-state index in [0.717, 1.165) is 37.9 Å². The predicted molar refractivity (Wildman–Crippen MR) is 228 cm³/mol. The quantitative estimate of drug-likeness (QED) is 0.178. The van der Waals surface area contributed by atoms with Crippen LogP contribution in [-0.2, 0) is 5.41 Å². The fraction of sp³-hybridized carbons (Fsp3) is 0.0196. The third kappa shape index (κ3) is 3.74. The Balaban J connectivity index is 1.14. The molecule has 0 atom stereocenters. The minimum atomic E-state index is -0.432. The number of para-hydroxylation sites is 1. The van der Waals surface area contributed by atoms with Crippen LogP contribution < -0.4 is 0 Å². The molecule has 3 heterocycles. The van der Waals surface area contributed by atoms with Gasteiger partial charge < -0.3 is 0 Å². The lowest BCUT2D eigenvalue weighted by Crippen LogP contribution is -2.25. The highest BCUT2D eigenvalue weighted by atomic mass is 32.1. The van der Waals surface area contributed by atoms with Crippen LogP contribution in [0.3, 0.4) is 0 Å². The van der Waals surface area contributed by atoms with Crippen LogP contribution in [0.2, 0.25) is 0 Å². The monoisotopic (exact) mass is 715 g/mol. The molecule has 0 bridgehead atoms. The molecule has 3 aromatic heterocycles. The number of hydrogen-bond acceptors (Lipinski definition) is 3. The van der Waals surface area contributed by atoms with Gasteiger partial charge >= 0.3 is 0 Å². The van der Waals surface area contributed by atoms with Crippen LogP contribution in [0.5, 0.6) is 0 Å². The van der Waals surface area contributed by atoms with Crippen molar-refractivity contribution < 1.29 is 0 Å². The van der Waals surface area contributed by atoms with E-state index in [9.17, 15) is 0 Å². The SMILES string of the molecule is c1ccc2c(c1)-c1ccccc1C21c2ccccc2-c2ccc(-c3nc(-n4c5ccccc5c5cc6ccccc6cc54)nc4c3sc3ccccc34)cc21. The maximum Gasteiger partial charge on any atom is 0.235 e. The molecule has 1 spiro atoms. The highest BCUT2D eigenvalue weighted by Crippen LogP contribution is 2.63. The number of benzene rings is 8. The Labute approximate surface area is 320 Å². The molecular formula is C51H29N3S. The number of hydrogen-bond donors (Lipinski definition) is 0. The molecule has 2 aliphatic carbocycles. The summed E-state index contributed by atoms with van der Waals surface area (Å²) in [7, 11) is 0. The molecule has 0 saturated carbocycles. The second-order valence-electron chi connectivity index (χ2n) is 14.9. The van der Waals surface area contributed by atoms with E-state index in [4.69, 9.17) is 9.97 Å². The van der Waals surface area contributed by atoms with Gasteiger partial charge in [0.15, 0.2) is 0 Å². The molecule has 11 aromatic rings. The average molecular weight is 716 g/mol. The van der Waals surface area contributed by atoms with E-state index in [1.54, 1.807) is 11.3 Å². The Bertz CT molecular complexity index is 3390. The smallest absolute Gasteiger partial charge is 0.235 e. The van der Waals surface area contributed by atoms with E-state index in [0.29, 0.717) is 5.95 Å². The first kappa shape index (κ1) is 29.6. The van der Waals surface area contributed by atoms with Crippen LogP contribution in [0.1, 0.15) is 22.3 Å². The van der Waals surface area contributed by atoms with Gasteiger partial charge in [-0.05, 0) is 85.6 Å². The predicted octanol–water partition coefficient (Wildman–Crippen LogP) is 13.1. The van der Waals surface area contributed by atoms with Gasteiger partial charge in [0.2, 0.25) is 5.95 Å². The van der Waals surface area contributed by atoms with E-state index in [1.165, 1.54) is 70.8 Å². The van der Waals surface area contributed by atoms with Gasteiger partial charge in [0.25, 0.3) is 0 Å². The van der Waals surface area contributed by atoms with E-state index >= 15 is 0 Å². The average Bonchev–Trinajstić information content (AvgIpc) is 3.96. The van der Waals surface area contributed by atoms with E-state index in [2.05, 4.69) is 180 Å². The van der Waals surface area contributed by atoms with Gasteiger partial charge in [0.1, 0.15) is 0 Å². The van der Waals surface area contributed by atoms with Gasteiger partial charge in [-0.25, -0.2) is 9.97 Å². The maximum atomic E-state index is 5.63. The van der Waals surface area contributed by atoms with Crippen LogP contribution >= 0.6 is 11.3 Å². The second-order valence-corrected chi connectivity index (χ2v) is 15.9. The summed E-state index contributed by atoms with van der Waals surface area (Å²) < 4.78 is 4.59. The minimum Gasteiger partial charge on any atom is -0.278 e. The molecule has 0 aliphatic heterocycles. The van der Waals surface area contributed by atoms with E-state index in [-0.39, 0.29) is 0 Å². The van der Waals surface area contributed by atoms with Crippen molar-refractivity contribution >= 4 is 64.2 Å². The largest absolute Gasteiger partial charge is 0.278 e. The number of rotatable bonds is 2. The molecule has 0 amide bonds. The van der Waals surface area contributed by atoms with Crippen molar-refractivity contribution in [2.45, 2.75) is 5.41 Å². The Morgan fingerprint density at radius 3 is 1.75 bits per heavy atom. The molecule has 0 unspecified atom stereocenters. The van der Waals surface area contributed by atoms with Crippen molar-refractivity contribution in [2.75, 3.05) is 0 Å². The standard InChI is InChI=1S/C51H29N3S/c1-2-14-31-29-45-39(27-30(31)13-1)37-18-6-11-23-44(37)54(45)50-52-47(49-48(53-50)38-19-7-12-24-46(38)55-49)32-25-26-36-35-17-5-10-22-42(35)51(43(36)28-32)40-20-8-3-15-33(40)34-16-4-9-21-41(34)51/h1-29H. The third-order valence-electron chi connectivity index (χ3n) is 12.2. The summed E-state index contributed by atoms with van der Waals surface area (Å²) in [6.07, 6.45) is 0. The summed E-state index contributed by atoms with van der Waals surface area (Å²) in [5, 5.41) is 5.97. The molecule has 4 heteroatoms. The molecule has 0 N–H and O–H groups in total. The normalized spacial score (nSPS) is 13.6. The Morgan fingerprint density at radius 1 is 0.436 bits per heavy atom. The summed E-state index contributed by atoms with van der Waals surface area (Å²) in [6, 6.07) is 64.6. The molecule has 13 rings (SSSR count). The van der Waals surface area contributed by atoms with Gasteiger partial charge in [0, 0.05) is 26.4 Å². The zero-order chi connectivity index (χ0) is 35.8. The first-order valence-electron chi connectivity index (χ1n) is 18.8. The lowest BCUT2D eigenvalue weighted by Gasteiger charge is -2.30. The number of nitrogens with zero attached hydrogens (tertiary/aromatic N) is 3. The van der Waals surface area contributed by atoms with Gasteiger partial charge in [-0.15, -0.1) is 11.3 Å². The summed E-state index contributed by atoms with van der Waals surface area (Å²) >= 11 is 1.79. The second kappa shape index (κ2) is 10.6. The Kier molecular flexibility index (Phi) is 5.71. The lowest BCUT2D eigenvalue weighted by atomic mass is 9.70. The highest BCUT2D eigenvalue weighted by molar-refractivity contribution is 7.26. The number of fused-ring (bicyclic) bond motifs is 17. The first-order valence-corrected chi connectivity index (χ1v) is 19.6. The molecule has 8 aromatic carbocycles. The van der Waals surface area contributed by atoms with Gasteiger partial charge in [-0.1, -0.05) is 146 Å². The van der Waals surface area contributed by atoms with Crippen molar-refractivity contribution in [3.63, 3.8) is 0 Å². The van der Waals surface area contributed by atoms with E-state index in [1.807, 2.05) is 0 Å². The van der Waals surface area contributed by atoms with Crippen molar-refractivity contribution in [3.05, 3.63) is 198 Å². The Morgan fingerprint density at radius 2 is 1.02 bits per heavy atom. The topological polar surface area (TPSA) is 30.7 Å². The van der Waals surface area contributed by atoms with Crippen molar-refractivity contribution in [2.24, 2.45) is 0 Å². The lowest BCUT2D eigenvalue weighted by molar-refractivity contribution is 0.794. The van der Waals surface area contributed by atoms with Crippen LogP contribution in [0.15, 0.2) is 176 Å². The maximum absolute atomic E-state index is 5.63. The van der Waals surface area contributed by atoms with Crippen LogP contribution in [0.25, 0.3) is 92.3 Å². The zero-order valence-electron chi connectivity index (χ0n) is 29.5. The van der Waals surface area contributed by atoms with Crippen molar-refractivity contribution in [1.29, 1.82) is 0 Å². The van der Waals surface area contributed by atoms with Gasteiger partial charge in [-0.2, -0.15) is 0 Å². The molecule has 254 valence electrons. The molecular weight excluding hydrogens is 687 g/mol. The molecule has 3 nitrogen and oxygen atoms in total. The molecule has 55 heavy (non-hydrogen) atoms. The Hall–Kier alpha value is -6.88. The molecule has 0 radical (unpaired) electrons. The first-order chi connectivity index (χ1) is 27.3. The fourth-order valence-electron chi connectivity index (χ4n) is 9.99. The summed E-state index contributed by atoms with van der Waals surface area (Å²) in [5.74, 6) is 0.683. The zero-order valence-corrected chi connectivity index (χ0v) is 30.3. The van der Waals surface area contributed by atoms with Crippen LogP contribution in [-0.4, -0.2) is 14.5 Å². The van der Waals surface area contributed by atoms with E-state index < -0.39 is 5.41 Å². The van der Waals surface area contributed by atoms with Gasteiger partial charge in [-0.3, -0.25) is 4.57 Å². The van der Waals surface area contributed by atoms with Crippen molar-refractivity contribution in [3.8, 4) is 39.5 Å². The highest BCUT2D eigenvalue weighted by Gasteiger charge is 2.51. The molecule has 0 fully saturated rings. The number of thiophene rings is 1. The third-order valence-corrected chi connectivity index (χ3v) is 13.4. The molecule has 0 saturated heterocycles. The number of aromatic nitrogens is 3. The van der Waals surface area contributed by atoms with Crippen LogP contribution in [0.4, 0.5) is 0 Å². The summed E-state index contributed by atoms with van der Waals surface area (Å²) in [4.78, 5) is 11.1. The summed E-state index contributed by atoms with van der Waals surface area (Å²) in [5.41, 5.74) is 15.3. The van der Waals surface area contributed by atoms with Crippen molar-refractivity contribution in [1.82, 2.24) is 14.5 Å². The minimum absolute atomic E-state index is 0.432. The summed E-state index contributed by atoms with van der Waals surface area (Å²) in [6.45, 7) is 0. The molecule has 2 aliphatic rings. The fourth-order valence-corrected chi connectivity index (χ4v) is 11.1.